The van der Waals surface area contributed by atoms with Gasteiger partial charge in [-0.05, 0) is 115 Å². The van der Waals surface area contributed by atoms with Crippen LogP contribution in [-0.4, -0.2) is 5.78 Å². The molecule has 0 aromatic rings. The number of Topliss-reactive ketones (excluding diaryl/α,β-unsaturated/α-hetero) is 1. The second-order valence-corrected chi connectivity index (χ2v) is 14.5. The zero-order valence-electron chi connectivity index (χ0n) is 22.4. The first kappa shape index (κ1) is 23.8. The molecule has 4 aliphatic rings. The average molecular weight is 429 g/mol. The van der Waals surface area contributed by atoms with E-state index in [1.165, 1.54) is 57.8 Å². The summed E-state index contributed by atoms with van der Waals surface area (Å²) in [6, 6.07) is 0. The van der Waals surface area contributed by atoms with Crippen LogP contribution in [0.1, 0.15) is 133 Å². The van der Waals surface area contributed by atoms with Crippen LogP contribution in [0.15, 0.2) is 0 Å². The molecule has 0 aromatic heterocycles. The predicted molar refractivity (Wildman–Crippen MR) is 132 cm³/mol. The van der Waals surface area contributed by atoms with E-state index in [-0.39, 0.29) is 0 Å². The van der Waals surface area contributed by atoms with Gasteiger partial charge < -0.3 is 4.79 Å². The van der Waals surface area contributed by atoms with E-state index in [9.17, 15) is 4.79 Å². The van der Waals surface area contributed by atoms with E-state index >= 15 is 0 Å². The summed E-state index contributed by atoms with van der Waals surface area (Å²) in [6.45, 7) is 23.0. The fourth-order valence-electron chi connectivity index (χ4n) is 11.0. The van der Waals surface area contributed by atoms with E-state index < -0.39 is 0 Å². The molecule has 31 heavy (non-hydrogen) atoms. The molecule has 0 N–H and O–H groups in total. The Labute approximate surface area is 193 Å². The molecular formula is C30H52O. The Kier molecular flexibility index (Phi) is 5.44. The zero-order valence-corrected chi connectivity index (χ0v) is 22.4. The lowest BCUT2D eigenvalue weighted by molar-refractivity contribution is -0.288. The second kappa shape index (κ2) is 7.09. The van der Waals surface area contributed by atoms with Gasteiger partial charge in [0.25, 0.3) is 0 Å². The highest BCUT2D eigenvalue weighted by molar-refractivity contribution is 5.75. The number of hydrogen-bond acceptors (Lipinski definition) is 1. The number of carbonyl (C=O) groups is 1. The molecule has 4 fully saturated rings. The minimum Gasteiger partial charge on any atom is -0.300 e. The Morgan fingerprint density at radius 2 is 1.39 bits per heavy atom. The number of hydrogen-bond donors (Lipinski definition) is 0. The van der Waals surface area contributed by atoms with E-state index in [1.807, 2.05) is 0 Å². The lowest BCUT2D eigenvalue weighted by Gasteiger charge is -2.77. The first-order chi connectivity index (χ1) is 14.2. The fraction of sp³-hybridized carbons (Fsp3) is 0.967. The molecule has 1 heteroatoms. The molecule has 0 aromatic carbocycles. The van der Waals surface area contributed by atoms with Crippen LogP contribution >= 0.6 is 0 Å². The molecule has 4 saturated carbocycles. The molecule has 178 valence electrons. The zero-order chi connectivity index (χ0) is 23.1. The number of carbonyl (C=O) groups excluding carboxylic acids is 1. The highest BCUT2D eigenvalue weighted by atomic mass is 16.1. The van der Waals surface area contributed by atoms with Crippen LogP contribution in [0.25, 0.3) is 0 Å². The Hall–Kier alpha value is -0.330. The third-order valence-corrected chi connectivity index (χ3v) is 13.9. The van der Waals surface area contributed by atoms with Crippen molar-refractivity contribution in [1.82, 2.24) is 0 Å². The lowest BCUT2D eigenvalue weighted by Crippen LogP contribution is -2.70. The quantitative estimate of drug-likeness (QED) is 0.437. The van der Waals surface area contributed by atoms with Crippen molar-refractivity contribution in [3.63, 3.8) is 0 Å². The first-order valence-electron chi connectivity index (χ1n) is 13.7. The van der Waals surface area contributed by atoms with Crippen molar-refractivity contribution in [1.29, 1.82) is 0 Å². The standard InChI is InChI=1S/C30H52O/c1-21-12-14-27(6)25(4,20-21)16-18-30(9)28(7)15-13-24(22(2)10-11-23(3)31)26(28,5)17-19-29(27,30)8/h21-22,24H,10-20H2,1-9H3/t21-,22-,24-,25-,26-,27+,28-,29-,30+/m1/s1. The number of ketones is 1. The summed E-state index contributed by atoms with van der Waals surface area (Å²) in [7, 11) is 0. The van der Waals surface area contributed by atoms with Crippen LogP contribution in [0.3, 0.4) is 0 Å². The summed E-state index contributed by atoms with van der Waals surface area (Å²) in [5, 5.41) is 0. The molecule has 0 spiro atoms. The minimum atomic E-state index is 0.368. The van der Waals surface area contributed by atoms with Gasteiger partial charge in [0.05, 0.1) is 0 Å². The Bertz CT molecular complexity index is 741. The number of rotatable bonds is 4. The van der Waals surface area contributed by atoms with Gasteiger partial charge in [0.1, 0.15) is 5.78 Å². The smallest absolute Gasteiger partial charge is 0.129 e. The molecule has 0 radical (unpaired) electrons. The van der Waals surface area contributed by atoms with Crippen molar-refractivity contribution in [3.8, 4) is 0 Å². The van der Waals surface area contributed by atoms with Gasteiger partial charge in [0, 0.05) is 6.42 Å². The molecule has 0 heterocycles. The molecule has 0 saturated heterocycles. The van der Waals surface area contributed by atoms with Gasteiger partial charge in [-0.15, -0.1) is 0 Å². The maximum atomic E-state index is 11.7. The SMILES string of the molecule is CC(=O)CC[C@@H](C)[C@H]1CC[C@@]2(C)[C@]3(C)CC[C@]4(C)C[C@H](C)CC[C@]4(C)[C@@]3(C)CC[C@]12C. The van der Waals surface area contributed by atoms with Crippen LogP contribution in [0.5, 0.6) is 0 Å². The van der Waals surface area contributed by atoms with Crippen molar-refractivity contribution >= 4 is 5.78 Å². The topological polar surface area (TPSA) is 17.1 Å². The molecule has 4 rings (SSSR count). The Morgan fingerprint density at radius 1 is 0.806 bits per heavy atom. The van der Waals surface area contributed by atoms with Crippen molar-refractivity contribution in [3.05, 3.63) is 0 Å². The largest absolute Gasteiger partial charge is 0.300 e. The number of fused-ring (bicyclic) bond motifs is 5. The molecule has 9 atom stereocenters. The van der Waals surface area contributed by atoms with Crippen molar-refractivity contribution in [2.75, 3.05) is 0 Å². The highest BCUT2D eigenvalue weighted by Gasteiger charge is 2.76. The Morgan fingerprint density at radius 3 is 2.03 bits per heavy atom. The second-order valence-electron chi connectivity index (χ2n) is 14.5. The third-order valence-electron chi connectivity index (χ3n) is 13.9. The summed E-state index contributed by atoms with van der Waals surface area (Å²) in [5.41, 5.74) is 2.65. The van der Waals surface area contributed by atoms with Gasteiger partial charge in [0.2, 0.25) is 0 Å². The van der Waals surface area contributed by atoms with Crippen molar-refractivity contribution in [2.24, 2.45) is 50.2 Å². The molecule has 1 nitrogen and oxygen atoms in total. The lowest BCUT2D eigenvalue weighted by atomic mass is 9.27. The molecular weight excluding hydrogens is 376 g/mol. The van der Waals surface area contributed by atoms with Crippen LogP contribution in [0.4, 0.5) is 0 Å². The van der Waals surface area contributed by atoms with E-state index in [0.29, 0.717) is 44.2 Å². The maximum absolute atomic E-state index is 11.7. The maximum Gasteiger partial charge on any atom is 0.129 e. The minimum absolute atomic E-state index is 0.368. The molecule has 0 amide bonds. The first-order valence-corrected chi connectivity index (χ1v) is 13.7. The summed E-state index contributed by atoms with van der Waals surface area (Å²) in [5.74, 6) is 2.72. The van der Waals surface area contributed by atoms with E-state index in [1.54, 1.807) is 6.92 Å². The summed E-state index contributed by atoms with van der Waals surface area (Å²) < 4.78 is 0. The summed E-state index contributed by atoms with van der Waals surface area (Å²) in [6.07, 6.45) is 14.6. The average Bonchev–Trinajstić information content (AvgIpc) is 2.97. The van der Waals surface area contributed by atoms with Gasteiger partial charge >= 0.3 is 0 Å². The summed E-state index contributed by atoms with van der Waals surface area (Å²) in [4.78, 5) is 11.7. The van der Waals surface area contributed by atoms with Crippen molar-refractivity contribution in [2.45, 2.75) is 133 Å². The summed E-state index contributed by atoms with van der Waals surface area (Å²) >= 11 is 0. The van der Waals surface area contributed by atoms with E-state index in [0.717, 1.165) is 24.7 Å². The van der Waals surface area contributed by atoms with Gasteiger partial charge in [-0.2, -0.15) is 0 Å². The molecule has 0 unspecified atom stereocenters. The normalized spacial score (nSPS) is 55.1. The third kappa shape index (κ3) is 2.76. The van der Waals surface area contributed by atoms with Crippen LogP contribution in [0.2, 0.25) is 0 Å². The monoisotopic (exact) mass is 428 g/mol. The molecule has 0 bridgehead atoms. The predicted octanol–water partition coefficient (Wildman–Crippen LogP) is 8.85. The van der Waals surface area contributed by atoms with E-state index in [4.69, 9.17) is 0 Å². The highest BCUT2D eigenvalue weighted by Crippen LogP contribution is 2.84. The van der Waals surface area contributed by atoms with Gasteiger partial charge in [-0.1, -0.05) is 61.8 Å². The van der Waals surface area contributed by atoms with Gasteiger partial charge in [-0.3, -0.25) is 0 Å². The van der Waals surface area contributed by atoms with Crippen molar-refractivity contribution < 1.29 is 4.79 Å². The van der Waals surface area contributed by atoms with Gasteiger partial charge in [-0.25, -0.2) is 0 Å². The van der Waals surface area contributed by atoms with E-state index in [2.05, 4.69) is 55.4 Å². The van der Waals surface area contributed by atoms with Gasteiger partial charge in [0.15, 0.2) is 0 Å². The molecule has 4 aliphatic carbocycles. The fourth-order valence-corrected chi connectivity index (χ4v) is 11.0. The van der Waals surface area contributed by atoms with Crippen LogP contribution < -0.4 is 0 Å². The Balaban J connectivity index is 1.72. The van der Waals surface area contributed by atoms with Crippen LogP contribution in [0, 0.1) is 50.2 Å². The van der Waals surface area contributed by atoms with Crippen LogP contribution in [-0.2, 0) is 4.79 Å². The molecule has 0 aliphatic heterocycles.